The van der Waals surface area contributed by atoms with Gasteiger partial charge in [0.05, 0.1) is 17.0 Å². The molecule has 0 aliphatic heterocycles. The SMILES string of the molecule is CCS(=O)(=O)Nc1cc2oc(-c3ccc(F)cc3)c(C(=O)NC)c2cc1-c1cccc(-c2nc3ccc(N)cc3o2)c1. The predicted molar refractivity (Wildman–Crippen MR) is 161 cm³/mol. The van der Waals surface area contributed by atoms with Crippen molar-refractivity contribution >= 4 is 49.4 Å². The lowest BCUT2D eigenvalue weighted by Crippen LogP contribution is -2.18. The first-order valence-corrected chi connectivity index (χ1v) is 14.7. The molecule has 0 aliphatic carbocycles. The highest BCUT2D eigenvalue weighted by atomic mass is 32.2. The van der Waals surface area contributed by atoms with Gasteiger partial charge in [0.1, 0.15) is 22.7 Å². The second-order valence-corrected chi connectivity index (χ2v) is 11.6. The van der Waals surface area contributed by atoms with Crippen LogP contribution in [0.15, 0.2) is 87.7 Å². The largest absolute Gasteiger partial charge is 0.455 e. The molecule has 2 aromatic heterocycles. The van der Waals surface area contributed by atoms with E-state index < -0.39 is 21.7 Å². The Kier molecular flexibility index (Phi) is 6.66. The number of furan rings is 1. The zero-order valence-corrected chi connectivity index (χ0v) is 23.4. The number of nitrogen functional groups attached to an aromatic ring is 1. The molecule has 0 aliphatic rings. The molecule has 0 radical (unpaired) electrons. The predicted octanol–water partition coefficient (Wildman–Crippen LogP) is 6.42. The maximum absolute atomic E-state index is 13.7. The van der Waals surface area contributed by atoms with Gasteiger partial charge in [0, 0.05) is 46.9 Å². The van der Waals surface area contributed by atoms with Gasteiger partial charge in [-0.05, 0) is 67.1 Å². The van der Waals surface area contributed by atoms with Crippen molar-refractivity contribution < 1.29 is 26.4 Å². The standard InChI is InChI=1S/C31H25FN4O5S/c1-3-42(38,39)36-25-16-26-23(28(30(37)34-2)29(40-26)17-7-9-20(32)10-8-17)15-22(25)18-5-4-6-19(13-18)31-35-24-12-11-21(33)14-27(24)41-31/h4-16,36H,3,33H2,1-2H3,(H,34,37). The highest BCUT2D eigenvalue weighted by Gasteiger charge is 2.25. The molecule has 42 heavy (non-hydrogen) atoms. The molecule has 0 spiro atoms. The van der Waals surface area contributed by atoms with Gasteiger partial charge in [-0.1, -0.05) is 12.1 Å². The molecular formula is C31H25FN4O5S. The number of nitrogens with two attached hydrogens (primary N) is 1. The van der Waals surface area contributed by atoms with Crippen LogP contribution in [0, 0.1) is 5.82 Å². The summed E-state index contributed by atoms with van der Waals surface area (Å²) in [6.45, 7) is 1.53. The second kappa shape index (κ2) is 10.3. The molecule has 4 N–H and O–H groups in total. The molecule has 6 rings (SSSR count). The Balaban J connectivity index is 1.57. The molecule has 1 amide bonds. The summed E-state index contributed by atoms with van der Waals surface area (Å²) in [6, 6.07) is 21.3. The van der Waals surface area contributed by atoms with E-state index in [4.69, 9.17) is 14.6 Å². The number of sulfonamides is 1. The van der Waals surface area contributed by atoms with E-state index in [1.54, 1.807) is 36.4 Å². The summed E-state index contributed by atoms with van der Waals surface area (Å²) in [4.78, 5) is 17.7. The van der Waals surface area contributed by atoms with Crippen LogP contribution in [0.4, 0.5) is 15.8 Å². The number of aromatic nitrogens is 1. The number of oxazole rings is 1. The van der Waals surface area contributed by atoms with Crippen molar-refractivity contribution in [2.45, 2.75) is 6.92 Å². The van der Waals surface area contributed by atoms with Crippen molar-refractivity contribution in [3.8, 4) is 33.9 Å². The highest BCUT2D eigenvalue weighted by Crippen LogP contribution is 2.41. The Morgan fingerprint density at radius 3 is 2.43 bits per heavy atom. The highest BCUT2D eigenvalue weighted by molar-refractivity contribution is 7.92. The van der Waals surface area contributed by atoms with Gasteiger partial charge < -0.3 is 19.9 Å². The molecule has 0 bridgehead atoms. The van der Waals surface area contributed by atoms with Gasteiger partial charge >= 0.3 is 0 Å². The van der Waals surface area contributed by atoms with E-state index in [2.05, 4.69) is 15.0 Å². The van der Waals surface area contributed by atoms with Gasteiger partial charge in [-0.3, -0.25) is 9.52 Å². The fourth-order valence-electron chi connectivity index (χ4n) is 4.75. The molecule has 11 heteroatoms. The van der Waals surface area contributed by atoms with E-state index >= 15 is 0 Å². The van der Waals surface area contributed by atoms with Gasteiger partial charge in [0.2, 0.25) is 15.9 Å². The van der Waals surface area contributed by atoms with Gasteiger partial charge in [-0.25, -0.2) is 17.8 Å². The summed E-state index contributed by atoms with van der Waals surface area (Å²) in [7, 11) is -2.19. The van der Waals surface area contributed by atoms with Crippen molar-refractivity contribution in [3.05, 3.63) is 90.2 Å². The Morgan fingerprint density at radius 1 is 0.929 bits per heavy atom. The summed E-state index contributed by atoms with van der Waals surface area (Å²) in [5, 5.41) is 3.09. The third-order valence-corrected chi connectivity index (χ3v) is 8.16. The van der Waals surface area contributed by atoms with Crippen LogP contribution in [0.25, 0.3) is 56.0 Å². The van der Waals surface area contributed by atoms with Crippen LogP contribution in [0.5, 0.6) is 0 Å². The maximum Gasteiger partial charge on any atom is 0.255 e. The van der Waals surface area contributed by atoms with E-state index in [1.165, 1.54) is 38.2 Å². The van der Waals surface area contributed by atoms with Crippen molar-refractivity contribution in [2.24, 2.45) is 0 Å². The number of anilines is 2. The van der Waals surface area contributed by atoms with Gasteiger partial charge in [0.25, 0.3) is 5.91 Å². The zero-order chi connectivity index (χ0) is 29.6. The number of nitrogens with zero attached hydrogens (tertiary/aromatic N) is 1. The Hall–Kier alpha value is -5.16. The molecule has 9 nitrogen and oxygen atoms in total. The quantitative estimate of drug-likeness (QED) is 0.184. The minimum absolute atomic E-state index is 0.154. The number of benzene rings is 4. The van der Waals surface area contributed by atoms with E-state index in [0.29, 0.717) is 50.3 Å². The number of halogens is 1. The monoisotopic (exact) mass is 584 g/mol. The van der Waals surface area contributed by atoms with Crippen LogP contribution in [0.1, 0.15) is 17.3 Å². The second-order valence-electron chi connectivity index (χ2n) is 9.62. The average molecular weight is 585 g/mol. The average Bonchev–Trinajstić information content (AvgIpc) is 3.57. The summed E-state index contributed by atoms with van der Waals surface area (Å²) < 4.78 is 53.8. The van der Waals surface area contributed by atoms with Crippen LogP contribution < -0.4 is 15.8 Å². The first-order chi connectivity index (χ1) is 20.2. The molecule has 0 fully saturated rings. The molecule has 0 atom stereocenters. The van der Waals surface area contributed by atoms with Crippen molar-refractivity contribution in [2.75, 3.05) is 23.3 Å². The topological polar surface area (TPSA) is 140 Å². The molecule has 0 saturated carbocycles. The number of rotatable bonds is 7. The number of fused-ring (bicyclic) bond motifs is 2. The van der Waals surface area contributed by atoms with Gasteiger partial charge in [0.15, 0.2) is 5.58 Å². The smallest absolute Gasteiger partial charge is 0.255 e. The van der Waals surface area contributed by atoms with E-state index in [-0.39, 0.29) is 28.3 Å². The fourth-order valence-corrected chi connectivity index (χ4v) is 5.39. The van der Waals surface area contributed by atoms with Crippen molar-refractivity contribution in [3.63, 3.8) is 0 Å². The Labute approximate surface area is 240 Å². The molecular weight excluding hydrogens is 559 g/mol. The minimum Gasteiger partial charge on any atom is -0.455 e. The molecule has 6 aromatic rings. The van der Waals surface area contributed by atoms with Crippen LogP contribution >= 0.6 is 0 Å². The normalized spacial score (nSPS) is 11.7. The van der Waals surface area contributed by atoms with Crippen LogP contribution in [-0.4, -0.2) is 32.1 Å². The Bertz CT molecular complexity index is 2100. The summed E-state index contributed by atoms with van der Waals surface area (Å²) in [5.74, 6) is -0.413. The summed E-state index contributed by atoms with van der Waals surface area (Å²) in [5.41, 5.74) is 10.7. The van der Waals surface area contributed by atoms with Crippen LogP contribution in [0.3, 0.4) is 0 Å². The lowest BCUT2D eigenvalue weighted by Gasteiger charge is -2.13. The van der Waals surface area contributed by atoms with Crippen LogP contribution in [0.2, 0.25) is 0 Å². The Morgan fingerprint density at radius 2 is 1.69 bits per heavy atom. The van der Waals surface area contributed by atoms with Gasteiger partial charge in [-0.15, -0.1) is 0 Å². The zero-order valence-electron chi connectivity index (χ0n) is 22.6. The van der Waals surface area contributed by atoms with Crippen molar-refractivity contribution in [1.82, 2.24) is 10.3 Å². The molecule has 0 unspecified atom stereocenters. The third-order valence-electron chi connectivity index (χ3n) is 6.87. The molecule has 2 heterocycles. The van der Waals surface area contributed by atoms with Gasteiger partial charge in [-0.2, -0.15) is 0 Å². The number of hydrogen-bond donors (Lipinski definition) is 3. The van der Waals surface area contributed by atoms with E-state index in [9.17, 15) is 17.6 Å². The first-order valence-electron chi connectivity index (χ1n) is 13.0. The fraction of sp³-hybridized carbons (Fsp3) is 0.0968. The maximum atomic E-state index is 13.7. The van der Waals surface area contributed by atoms with E-state index in [1.807, 2.05) is 18.2 Å². The summed E-state index contributed by atoms with van der Waals surface area (Å²) in [6.07, 6.45) is 0. The van der Waals surface area contributed by atoms with Crippen molar-refractivity contribution in [1.29, 1.82) is 0 Å². The first kappa shape index (κ1) is 27.0. The molecule has 212 valence electrons. The summed E-state index contributed by atoms with van der Waals surface area (Å²) >= 11 is 0. The van der Waals surface area contributed by atoms with Crippen LogP contribution in [-0.2, 0) is 10.0 Å². The molecule has 0 saturated heterocycles. The molecule has 4 aromatic carbocycles. The number of nitrogens with one attached hydrogen (secondary N) is 2. The lowest BCUT2D eigenvalue weighted by molar-refractivity contribution is 0.0964. The number of amides is 1. The van der Waals surface area contributed by atoms with E-state index in [0.717, 1.165) is 0 Å². The lowest BCUT2D eigenvalue weighted by atomic mass is 9.97. The number of carbonyl (C=O) groups is 1. The minimum atomic E-state index is -3.69. The number of carbonyl (C=O) groups excluding carboxylic acids is 1. The third kappa shape index (κ3) is 4.94. The number of hydrogen-bond acceptors (Lipinski definition) is 7.